The van der Waals surface area contributed by atoms with Crippen LogP contribution in [-0.4, -0.2) is 0 Å². The van der Waals surface area contributed by atoms with Gasteiger partial charge in [-0.05, 0) is 149 Å². The summed E-state index contributed by atoms with van der Waals surface area (Å²) in [6.07, 6.45) is 0. The third-order valence-corrected chi connectivity index (χ3v) is 15.0. The average molecular weight is 903 g/mol. The van der Waals surface area contributed by atoms with E-state index >= 15 is 0 Å². The Kier molecular flexibility index (Phi) is 9.47. The van der Waals surface area contributed by atoms with E-state index in [1.54, 1.807) is 0 Å². The average Bonchev–Trinajstić information content (AvgIpc) is 3.91. The van der Waals surface area contributed by atoms with Crippen LogP contribution in [0, 0.1) is 0 Å². The van der Waals surface area contributed by atoms with Crippen LogP contribution < -0.4 is 9.80 Å². The Morgan fingerprint density at radius 1 is 0.239 bits per heavy atom. The minimum Gasteiger partial charge on any atom is -0.310 e. The molecular weight excluding hydrogens is 857 g/mol. The van der Waals surface area contributed by atoms with E-state index in [9.17, 15) is 0 Å². The number of para-hydroxylation sites is 1. The molecule has 0 aromatic heterocycles. The second-order valence-electron chi connectivity index (χ2n) is 18.8. The summed E-state index contributed by atoms with van der Waals surface area (Å²) < 4.78 is 0. The highest BCUT2D eigenvalue weighted by molar-refractivity contribution is 6.06. The Balaban J connectivity index is 1.02. The van der Waals surface area contributed by atoms with Gasteiger partial charge in [0.15, 0.2) is 0 Å². The second-order valence-corrected chi connectivity index (χ2v) is 18.8. The molecule has 1 unspecified atom stereocenters. The fourth-order valence-corrected chi connectivity index (χ4v) is 11.9. The monoisotopic (exact) mass is 902 g/mol. The number of rotatable bonds is 8. The van der Waals surface area contributed by atoms with Crippen LogP contribution in [0.3, 0.4) is 0 Å². The molecule has 14 rings (SSSR count). The van der Waals surface area contributed by atoms with Gasteiger partial charge >= 0.3 is 0 Å². The van der Waals surface area contributed by atoms with Gasteiger partial charge in [-0.3, -0.25) is 0 Å². The van der Waals surface area contributed by atoms with Crippen LogP contribution in [0.1, 0.15) is 22.3 Å². The van der Waals surface area contributed by atoms with Crippen molar-refractivity contribution in [2.45, 2.75) is 5.41 Å². The van der Waals surface area contributed by atoms with E-state index in [4.69, 9.17) is 0 Å². The lowest BCUT2D eigenvalue weighted by atomic mass is 9.70. The molecule has 0 aliphatic heterocycles. The molecule has 12 aromatic rings. The maximum atomic E-state index is 2.52. The van der Waals surface area contributed by atoms with Gasteiger partial charge in [-0.1, -0.05) is 212 Å². The van der Waals surface area contributed by atoms with Crippen LogP contribution in [-0.2, 0) is 5.41 Å². The normalized spacial score (nSPS) is 14.0. The molecule has 1 spiro atoms. The summed E-state index contributed by atoms with van der Waals surface area (Å²) in [6, 6.07) is 103. The first-order valence-electron chi connectivity index (χ1n) is 24.6. The van der Waals surface area contributed by atoms with Gasteiger partial charge in [-0.25, -0.2) is 0 Å². The summed E-state index contributed by atoms with van der Waals surface area (Å²) in [5.74, 6) is 0. The summed E-state index contributed by atoms with van der Waals surface area (Å²) >= 11 is 0. The van der Waals surface area contributed by atoms with Crippen molar-refractivity contribution in [3.05, 3.63) is 301 Å². The lowest BCUT2D eigenvalue weighted by molar-refractivity contribution is 0.793. The Hall–Kier alpha value is -9.24. The molecule has 2 aliphatic rings. The molecule has 0 saturated heterocycles. The molecule has 1 atom stereocenters. The third kappa shape index (κ3) is 6.42. The van der Waals surface area contributed by atoms with E-state index in [2.05, 4.69) is 289 Å². The summed E-state index contributed by atoms with van der Waals surface area (Å²) in [6.45, 7) is 0. The standard InChI is InChI=1S/C69H46N2/c1-4-18-47(19-5-1)49-32-36-54(37-33-49)70(53-25-8-3-9-26-53)56-39-41-61-59-28-14-16-30-63(59)69(65(61)45-56)64-31-17-15-29-60(64)62-42-40-57(46-66(62)69)71(55-38-34-48-20-10-11-24-52(48)44-55)67-43-35-50-21-12-13-27-58(50)68(67)51-22-6-2-7-23-51/h1-46H. The summed E-state index contributed by atoms with van der Waals surface area (Å²) in [5.41, 5.74) is 21.1. The number of hydrogen-bond acceptors (Lipinski definition) is 2. The molecule has 2 nitrogen and oxygen atoms in total. The van der Waals surface area contributed by atoms with Crippen LogP contribution in [0.5, 0.6) is 0 Å². The zero-order chi connectivity index (χ0) is 46.9. The minimum absolute atomic E-state index is 0.607. The van der Waals surface area contributed by atoms with Gasteiger partial charge in [-0.2, -0.15) is 0 Å². The molecule has 332 valence electrons. The Morgan fingerprint density at radius 3 is 1.34 bits per heavy atom. The van der Waals surface area contributed by atoms with Crippen molar-refractivity contribution in [2.75, 3.05) is 9.80 Å². The van der Waals surface area contributed by atoms with Crippen molar-refractivity contribution >= 4 is 55.7 Å². The van der Waals surface area contributed by atoms with Crippen molar-refractivity contribution in [1.29, 1.82) is 0 Å². The van der Waals surface area contributed by atoms with E-state index in [-0.39, 0.29) is 0 Å². The molecule has 2 heteroatoms. The highest BCUT2D eigenvalue weighted by Crippen LogP contribution is 2.64. The highest BCUT2D eigenvalue weighted by atomic mass is 15.1. The van der Waals surface area contributed by atoms with Gasteiger partial charge in [0, 0.05) is 34.0 Å². The van der Waals surface area contributed by atoms with Crippen molar-refractivity contribution in [3.63, 3.8) is 0 Å². The van der Waals surface area contributed by atoms with Crippen molar-refractivity contribution in [3.8, 4) is 44.5 Å². The van der Waals surface area contributed by atoms with Crippen molar-refractivity contribution < 1.29 is 0 Å². The molecular formula is C69H46N2. The predicted octanol–water partition coefficient (Wildman–Crippen LogP) is 18.6. The Labute approximate surface area is 414 Å². The number of anilines is 6. The highest BCUT2D eigenvalue weighted by Gasteiger charge is 2.52. The van der Waals surface area contributed by atoms with Crippen molar-refractivity contribution in [2.24, 2.45) is 0 Å². The van der Waals surface area contributed by atoms with E-state index in [0.717, 1.165) is 34.1 Å². The largest absolute Gasteiger partial charge is 0.310 e. The van der Waals surface area contributed by atoms with Crippen molar-refractivity contribution in [1.82, 2.24) is 0 Å². The summed E-state index contributed by atoms with van der Waals surface area (Å²) in [5, 5.41) is 4.85. The molecule has 71 heavy (non-hydrogen) atoms. The number of hydrogen-bond donors (Lipinski definition) is 0. The number of fused-ring (bicyclic) bond motifs is 12. The predicted molar refractivity (Wildman–Crippen MR) is 298 cm³/mol. The van der Waals surface area contributed by atoms with Gasteiger partial charge in [0.25, 0.3) is 0 Å². The van der Waals surface area contributed by atoms with Crippen LogP contribution >= 0.6 is 0 Å². The van der Waals surface area contributed by atoms with Crippen LogP contribution in [0.2, 0.25) is 0 Å². The van der Waals surface area contributed by atoms with Gasteiger partial charge in [0.2, 0.25) is 0 Å². The maximum absolute atomic E-state index is 2.52. The van der Waals surface area contributed by atoms with Crippen LogP contribution in [0.25, 0.3) is 66.1 Å². The smallest absolute Gasteiger partial charge is 0.0727 e. The van der Waals surface area contributed by atoms with E-state index in [1.807, 2.05) is 0 Å². The molecule has 0 saturated carbocycles. The fourth-order valence-electron chi connectivity index (χ4n) is 11.9. The molecule has 0 bridgehead atoms. The first-order valence-corrected chi connectivity index (χ1v) is 24.6. The van der Waals surface area contributed by atoms with Gasteiger partial charge < -0.3 is 9.80 Å². The van der Waals surface area contributed by atoms with E-state index in [1.165, 1.54) is 88.3 Å². The molecule has 12 aromatic carbocycles. The minimum atomic E-state index is -0.607. The van der Waals surface area contributed by atoms with Gasteiger partial charge in [0.05, 0.1) is 11.1 Å². The molecule has 2 aliphatic carbocycles. The Bertz CT molecular complexity index is 3980. The quantitative estimate of drug-likeness (QED) is 0.150. The van der Waals surface area contributed by atoms with Gasteiger partial charge in [0.1, 0.15) is 0 Å². The SMILES string of the molecule is c1ccc(-c2ccc(N(c3ccccc3)c3ccc4c(c3)C3(c5ccccc5-4)c4ccccc4-c4ccc(N(c5ccc6ccccc6c5)c5ccc6ccccc6c5-c5ccccc5)cc43)cc2)cc1. The van der Waals surface area contributed by atoms with E-state index in [0.29, 0.717) is 0 Å². The molecule has 0 fully saturated rings. The molecule has 0 heterocycles. The molecule has 0 radical (unpaired) electrons. The number of nitrogens with zero attached hydrogens (tertiary/aromatic N) is 2. The lowest BCUT2D eigenvalue weighted by Crippen LogP contribution is -2.26. The van der Waals surface area contributed by atoms with E-state index < -0.39 is 5.41 Å². The van der Waals surface area contributed by atoms with Crippen LogP contribution in [0.15, 0.2) is 279 Å². The fraction of sp³-hybridized carbons (Fsp3) is 0.0145. The first-order chi connectivity index (χ1) is 35.2. The maximum Gasteiger partial charge on any atom is 0.0727 e. The van der Waals surface area contributed by atoms with Gasteiger partial charge in [-0.15, -0.1) is 0 Å². The topological polar surface area (TPSA) is 6.48 Å². The summed E-state index contributed by atoms with van der Waals surface area (Å²) in [7, 11) is 0. The summed E-state index contributed by atoms with van der Waals surface area (Å²) in [4.78, 5) is 4.92. The number of benzene rings is 12. The molecule has 0 N–H and O–H groups in total. The third-order valence-electron chi connectivity index (χ3n) is 15.0. The first kappa shape index (κ1) is 40.8. The van der Waals surface area contributed by atoms with Crippen LogP contribution in [0.4, 0.5) is 34.1 Å². The lowest BCUT2D eigenvalue weighted by Gasteiger charge is -2.34. The Morgan fingerprint density at radius 2 is 0.676 bits per heavy atom. The second kappa shape index (κ2) is 16.5. The zero-order valence-corrected chi connectivity index (χ0v) is 39.0. The zero-order valence-electron chi connectivity index (χ0n) is 39.0. The molecule has 0 amide bonds.